The zero-order valence-electron chi connectivity index (χ0n) is 17.1. The summed E-state index contributed by atoms with van der Waals surface area (Å²) in [6.07, 6.45) is 0. The van der Waals surface area contributed by atoms with E-state index in [1.807, 2.05) is 32.0 Å². The number of imide groups is 1. The number of nitrogens with one attached hydrogen (secondary N) is 1. The molecule has 32 heavy (non-hydrogen) atoms. The van der Waals surface area contributed by atoms with Crippen molar-refractivity contribution in [3.8, 4) is 0 Å². The van der Waals surface area contributed by atoms with Gasteiger partial charge in [-0.25, -0.2) is 9.29 Å². The van der Waals surface area contributed by atoms with Gasteiger partial charge in [-0.3, -0.25) is 9.59 Å². The van der Waals surface area contributed by atoms with Crippen LogP contribution in [0.5, 0.6) is 0 Å². The third kappa shape index (κ3) is 4.53. The number of carbonyl (C=O) groups is 2. The maximum absolute atomic E-state index is 13.7. The highest BCUT2D eigenvalue weighted by Crippen LogP contribution is 2.39. The van der Waals surface area contributed by atoms with Crippen molar-refractivity contribution in [3.05, 3.63) is 98.3 Å². The Morgan fingerprint density at radius 1 is 0.875 bits per heavy atom. The molecule has 1 heterocycles. The van der Waals surface area contributed by atoms with E-state index in [1.165, 1.54) is 12.1 Å². The van der Waals surface area contributed by atoms with Crippen LogP contribution >= 0.6 is 35.0 Å². The summed E-state index contributed by atoms with van der Waals surface area (Å²) in [6, 6.07) is 16.5. The highest BCUT2D eigenvalue weighted by molar-refractivity contribution is 8.04. The highest BCUT2D eigenvalue weighted by atomic mass is 35.5. The van der Waals surface area contributed by atoms with Gasteiger partial charge in [0.2, 0.25) is 0 Å². The van der Waals surface area contributed by atoms with Gasteiger partial charge in [-0.1, -0.05) is 41.0 Å². The van der Waals surface area contributed by atoms with Gasteiger partial charge in [0.15, 0.2) is 0 Å². The van der Waals surface area contributed by atoms with Gasteiger partial charge < -0.3 is 5.32 Å². The fourth-order valence-electron chi connectivity index (χ4n) is 3.38. The van der Waals surface area contributed by atoms with E-state index in [4.69, 9.17) is 23.2 Å². The molecule has 0 aromatic heterocycles. The topological polar surface area (TPSA) is 49.4 Å². The van der Waals surface area contributed by atoms with Crippen LogP contribution in [0.3, 0.4) is 0 Å². The fourth-order valence-corrected chi connectivity index (χ4v) is 4.61. The molecule has 0 unspecified atom stereocenters. The number of benzene rings is 3. The van der Waals surface area contributed by atoms with Crippen molar-refractivity contribution in [1.82, 2.24) is 0 Å². The third-order valence-corrected chi connectivity index (χ3v) is 6.36. The number of nitrogens with zero attached hydrogens (tertiary/aromatic N) is 1. The maximum Gasteiger partial charge on any atom is 0.283 e. The Morgan fingerprint density at radius 3 is 2.16 bits per heavy atom. The molecule has 0 atom stereocenters. The lowest BCUT2D eigenvalue weighted by Crippen LogP contribution is -2.32. The van der Waals surface area contributed by atoms with E-state index in [-0.39, 0.29) is 21.3 Å². The molecule has 3 aromatic carbocycles. The average Bonchev–Trinajstić information content (AvgIpc) is 2.95. The number of halogens is 3. The molecule has 4 rings (SSSR count). The van der Waals surface area contributed by atoms with Crippen LogP contribution in [0, 0.1) is 19.7 Å². The number of hydrogen-bond acceptors (Lipinski definition) is 4. The maximum atomic E-state index is 13.7. The summed E-state index contributed by atoms with van der Waals surface area (Å²) in [5.41, 5.74) is 3.04. The first-order valence-corrected chi connectivity index (χ1v) is 11.2. The summed E-state index contributed by atoms with van der Waals surface area (Å²) in [6.45, 7) is 3.90. The van der Waals surface area contributed by atoms with E-state index in [9.17, 15) is 14.0 Å². The molecule has 0 fully saturated rings. The van der Waals surface area contributed by atoms with Crippen LogP contribution in [-0.2, 0) is 9.59 Å². The molecule has 0 aliphatic carbocycles. The molecule has 1 N–H and O–H groups in total. The molecule has 1 aliphatic rings. The van der Waals surface area contributed by atoms with Gasteiger partial charge in [0, 0.05) is 15.6 Å². The monoisotopic (exact) mass is 486 g/mol. The second-order valence-corrected chi connectivity index (χ2v) is 9.23. The summed E-state index contributed by atoms with van der Waals surface area (Å²) in [5.74, 6) is -1.70. The summed E-state index contributed by atoms with van der Waals surface area (Å²) in [5, 5.41) is 3.51. The number of hydrogen-bond donors (Lipinski definition) is 1. The SMILES string of the molecule is Cc1cc(C)cc(NC2=C(Sc3ccc(Cl)cc3)C(=O)N(c3ccc(F)c(Cl)c3)C2=O)c1. The van der Waals surface area contributed by atoms with E-state index < -0.39 is 17.6 Å². The second-order valence-electron chi connectivity index (χ2n) is 7.31. The smallest absolute Gasteiger partial charge is 0.283 e. The number of rotatable bonds is 5. The summed E-state index contributed by atoms with van der Waals surface area (Å²) >= 11 is 13.0. The first-order chi connectivity index (χ1) is 15.2. The van der Waals surface area contributed by atoms with E-state index in [2.05, 4.69) is 5.32 Å². The van der Waals surface area contributed by atoms with E-state index in [0.29, 0.717) is 10.7 Å². The van der Waals surface area contributed by atoms with Crippen molar-refractivity contribution in [1.29, 1.82) is 0 Å². The Labute approximate surface area is 199 Å². The van der Waals surface area contributed by atoms with Crippen LogP contribution in [0.1, 0.15) is 11.1 Å². The van der Waals surface area contributed by atoms with Gasteiger partial charge in [-0.2, -0.15) is 0 Å². The van der Waals surface area contributed by atoms with Crippen LogP contribution in [0.2, 0.25) is 10.0 Å². The van der Waals surface area contributed by atoms with Crippen LogP contribution < -0.4 is 10.2 Å². The van der Waals surface area contributed by atoms with E-state index in [1.54, 1.807) is 24.3 Å². The Balaban J connectivity index is 1.77. The molecule has 4 nitrogen and oxygen atoms in total. The number of amides is 2. The van der Waals surface area contributed by atoms with Crippen molar-refractivity contribution in [2.24, 2.45) is 0 Å². The van der Waals surface area contributed by atoms with Crippen LogP contribution in [0.15, 0.2) is 76.2 Å². The molecule has 8 heteroatoms. The number of aryl methyl sites for hydroxylation is 2. The van der Waals surface area contributed by atoms with Crippen molar-refractivity contribution in [2.45, 2.75) is 18.7 Å². The van der Waals surface area contributed by atoms with Crippen LogP contribution in [0.25, 0.3) is 0 Å². The van der Waals surface area contributed by atoms with Gasteiger partial charge in [0.1, 0.15) is 16.4 Å². The first kappa shape index (κ1) is 22.4. The zero-order chi connectivity index (χ0) is 23.0. The first-order valence-electron chi connectivity index (χ1n) is 9.60. The van der Waals surface area contributed by atoms with Crippen molar-refractivity contribution < 1.29 is 14.0 Å². The van der Waals surface area contributed by atoms with Gasteiger partial charge in [0.25, 0.3) is 11.8 Å². The predicted octanol–water partition coefficient (Wildman–Crippen LogP) is 6.74. The molecule has 0 spiro atoms. The minimum atomic E-state index is -0.633. The van der Waals surface area contributed by atoms with Crippen molar-refractivity contribution >= 4 is 58.2 Å². The summed E-state index contributed by atoms with van der Waals surface area (Å²) < 4.78 is 13.7. The van der Waals surface area contributed by atoms with E-state index in [0.717, 1.165) is 38.8 Å². The second kappa shape index (κ2) is 8.98. The summed E-state index contributed by atoms with van der Waals surface area (Å²) in [4.78, 5) is 28.7. The molecular formula is C24H17Cl2FN2O2S. The minimum absolute atomic E-state index is 0.139. The molecule has 0 radical (unpaired) electrons. The van der Waals surface area contributed by atoms with Gasteiger partial charge >= 0.3 is 0 Å². The lowest BCUT2D eigenvalue weighted by molar-refractivity contribution is -0.120. The van der Waals surface area contributed by atoms with Crippen LogP contribution in [-0.4, -0.2) is 11.8 Å². The predicted molar refractivity (Wildman–Crippen MR) is 128 cm³/mol. The van der Waals surface area contributed by atoms with Gasteiger partial charge in [-0.05, 0) is 79.6 Å². The minimum Gasteiger partial charge on any atom is -0.350 e. The quantitative estimate of drug-likeness (QED) is 0.405. The fraction of sp³-hybridized carbons (Fsp3) is 0.0833. The number of thioether (sulfide) groups is 1. The lowest BCUT2D eigenvalue weighted by atomic mass is 10.1. The van der Waals surface area contributed by atoms with Gasteiger partial charge in [-0.15, -0.1) is 0 Å². The zero-order valence-corrected chi connectivity index (χ0v) is 19.4. The number of carbonyl (C=O) groups excluding carboxylic acids is 2. The molecule has 162 valence electrons. The molecule has 0 bridgehead atoms. The number of anilines is 2. The Morgan fingerprint density at radius 2 is 1.53 bits per heavy atom. The Hall–Kier alpha value is -2.80. The molecule has 2 amide bonds. The molecule has 1 aliphatic heterocycles. The van der Waals surface area contributed by atoms with Crippen molar-refractivity contribution in [3.63, 3.8) is 0 Å². The Bertz CT molecular complexity index is 1260. The molecule has 0 saturated heterocycles. The molecule has 3 aromatic rings. The largest absolute Gasteiger partial charge is 0.350 e. The lowest BCUT2D eigenvalue weighted by Gasteiger charge is -2.16. The molecule has 0 saturated carbocycles. The van der Waals surface area contributed by atoms with Crippen LogP contribution in [0.4, 0.5) is 15.8 Å². The summed E-state index contributed by atoms with van der Waals surface area (Å²) in [7, 11) is 0. The highest BCUT2D eigenvalue weighted by Gasteiger charge is 2.40. The third-order valence-electron chi connectivity index (χ3n) is 4.73. The molecular weight excluding hydrogens is 470 g/mol. The normalized spacial score (nSPS) is 13.8. The van der Waals surface area contributed by atoms with E-state index >= 15 is 0 Å². The van der Waals surface area contributed by atoms with Gasteiger partial charge in [0.05, 0.1) is 10.7 Å². The Kier molecular flexibility index (Phi) is 6.29. The van der Waals surface area contributed by atoms with Crippen molar-refractivity contribution in [2.75, 3.05) is 10.2 Å². The average molecular weight is 487 g/mol. The standard InChI is InChI=1S/C24H17Cl2FN2O2S/c1-13-9-14(2)11-16(10-13)28-21-22(32-18-6-3-15(25)4-7-18)24(31)29(23(21)30)17-5-8-20(27)19(26)12-17/h3-12,28H,1-2H3.